The van der Waals surface area contributed by atoms with Gasteiger partial charge in [-0.3, -0.25) is 4.79 Å². The van der Waals surface area contributed by atoms with Crippen molar-refractivity contribution in [1.82, 2.24) is 10.2 Å². The Hall–Kier alpha value is -2.58. The number of esters is 1. The van der Waals surface area contributed by atoms with Crippen molar-refractivity contribution in [3.63, 3.8) is 0 Å². The van der Waals surface area contributed by atoms with Crippen LogP contribution in [0.1, 0.15) is 49.9 Å². The van der Waals surface area contributed by atoms with E-state index in [0.29, 0.717) is 30.3 Å². The molecule has 1 aromatic carbocycles. The molecule has 1 aromatic rings. The van der Waals surface area contributed by atoms with E-state index in [9.17, 15) is 9.59 Å². The number of aryl methyl sites for hydroxylation is 2. The minimum absolute atomic E-state index is 0.0491. The maximum Gasteiger partial charge on any atom is 0.338 e. The molecule has 178 valence electrons. The summed E-state index contributed by atoms with van der Waals surface area (Å²) < 4.78 is 10.6. The number of thioether (sulfide) groups is 1. The van der Waals surface area contributed by atoms with E-state index >= 15 is 0 Å². The molecule has 0 aromatic heterocycles. The van der Waals surface area contributed by atoms with Crippen LogP contribution in [0.15, 0.2) is 45.6 Å². The Kier molecular flexibility index (Phi) is 8.37. The van der Waals surface area contributed by atoms with Crippen molar-refractivity contribution in [2.24, 2.45) is 10.9 Å². The van der Waals surface area contributed by atoms with E-state index in [1.807, 2.05) is 31.1 Å². The molecule has 8 heteroatoms. The van der Waals surface area contributed by atoms with Gasteiger partial charge >= 0.3 is 5.97 Å². The number of aliphatic imine (C=N–C) groups is 1. The van der Waals surface area contributed by atoms with Crippen molar-refractivity contribution < 1.29 is 19.1 Å². The highest BCUT2D eigenvalue weighted by Gasteiger charge is 2.41. The summed E-state index contributed by atoms with van der Waals surface area (Å²) in [4.78, 5) is 32.6. The van der Waals surface area contributed by atoms with Gasteiger partial charge in [0.2, 0.25) is 5.91 Å². The van der Waals surface area contributed by atoms with Crippen LogP contribution in [0, 0.1) is 19.8 Å². The number of benzene rings is 1. The highest BCUT2D eigenvalue weighted by Crippen LogP contribution is 2.45. The fourth-order valence-corrected chi connectivity index (χ4v) is 4.78. The van der Waals surface area contributed by atoms with Gasteiger partial charge in [-0.2, -0.15) is 0 Å². The number of rotatable bonds is 9. The molecule has 1 unspecified atom stereocenters. The number of methoxy groups -OCH3 is 1. The van der Waals surface area contributed by atoms with E-state index in [-0.39, 0.29) is 18.9 Å². The van der Waals surface area contributed by atoms with Crippen LogP contribution < -0.4 is 5.32 Å². The van der Waals surface area contributed by atoms with Crippen molar-refractivity contribution in [3.8, 4) is 0 Å². The maximum absolute atomic E-state index is 13.2. The van der Waals surface area contributed by atoms with Crippen LogP contribution in [0.3, 0.4) is 0 Å². The number of allylic oxidation sites excluding steroid dienone is 1. The summed E-state index contributed by atoms with van der Waals surface area (Å²) in [5.41, 5.74) is 5.08. The lowest BCUT2D eigenvalue weighted by molar-refractivity contribution is -0.141. The molecule has 2 aliphatic heterocycles. The Balaban J connectivity index is 2.00. The molecule has 33 heavy (non-hydrogen) atoms. The number of carbonyl (C=O) groups excluding carboxylic acids is 2. The van der Waals surface area contributed by atoms with Gasteiger partial charge in [-0.15, -0.1) is 0 Å². The van der Waals surface area contributed by atoms with Gasteiger partial charge in [0.05, 0.1) is 30.3 Å². The number of nitrogens with one attached hydrogen (secondary N) is 1. The Morgan fingerprint density at radius 1 is 1.21 bits per heavy atom. The number of ether oxygens (including phenoxy) is 2. The van der Waals surface area contributed by atoms with Gasteiger partial charge in [0, 0.05) is 19.4 Å². The lowest BCUT2D eigenvalue weighted by Gasteiger charge is -2.37. The standard InChI is InChI=1S/C25H33N3O4S/c1-15(2)13-26-21(29)12-19-14-33-25-27-18(5)22(24(30)32-10-9-31-6)23(28(19)25)20-11-16(3)7-8-17(20)4/h7-8,11,14-15,23H,9-10,12-13H2,1-6H3,(H,26,29). The van der Waals surface area contributed by atoms with Gasteiger partial charge in [-0.25, -0.2) is 9.79 Å². The number of amidine groups is 1. The number of carbonyl (C=O) groups is 2. The fourth-order valence-electron chi connectivity index (χ4n) is 3.82. The van der Waals surface area contributed by atoms with Crippen LogP contribution in [0.2, 0.25) is 0 Å². The molecule has 0 bridgehead atoms. The van der Waals surface area contributed by atoms with Crippen LogP contribution in [-0.4, -0.2) is 48.8 Å². The third-order valence-corrected chi connectivity index (χ3v) is 6.41. The molecule has 0 radical (unpaired) electrons. The van der Waals surface area contributed by atoms with Crippen LogP contribution in [-0.2, 0) is 19.1 Å². The average molecular weight is 472 g/mol. The monoisotopic (exact) mass is 471 g/mol. The molecule has 0 saturated carbocycles. The predicted molar refractivity (Wildman–Crippen MR) is 132 cm³/mol. The third-order valence-electron chi connectivity index (χ3n) is 5.52. The molecule has 2 heterocycles. The van der Waals surface area contributed by atoms with Gasteiger partial charge in [0.15, 0.2) is 5.17 Å². The van der Waals surface area contributed by atoms with Crippen molar-refractivity contribution in [2.75, 3.05) is 26.9 Å². The zero-order chi connectivity index (χ0) is 24.1. The summed E-state index contributed by atoms with van der Waals surface area (Å²) in [5, 5.41) is 5.70. The number of nitrogens with zero attached hydrogens (tertiary/aromatic N) is 2. The quantitative estimate of drug-likeness (QED) is 0.429. The molecule has 0 saturated heterocycles. The molecule has 0 aliphatic carbocycles. The number of fused-ring (bicyclic) bond motifs is 1. The van der Waals surface area contributed by atoms with Gasteiger partial charge in [0.25, 0.3) is 0 Å². The van der Waals surface area contributed by atoms with Crippen molar-refractivity contribution >= 4 is 28.8 Å². The van der Waals surface area contributed by atoms with E-state index in [2.05, 4.69) is 37.4 Å². The topological polar surface area (TPSA) is 80.2 Å². The first-order valence-electron chi connectivity index (χ1n) is 11.2. The normalized spacial score (nSPS) is 17.7. The van der Waals surface area contributed by atoms with E-state index in [1.54, 1.807) is 7.11 Å². The van der Waals surface area contributed by atoms with Crippen molar-refractivity contribution in [1.29, 1.82) is 0 Å². The van der Waals surface area contributed by atoms with Crippen LogP contribution in [0.25, 0.3) is 0 Å². The van der Waals surface area contributed by atoms with E-state index in [4.69, 9.17) is 14.5 Å². The molecule has 2 aliphatic rings. The molecule has 1 amide bonds. The van der Waals surface area contributed by atoms with Gasteiger partial charge < -0.3 is 19.7 Å². The number of hydrogen-bond acceptors (Lipinski definition) is 7. The second-order valence-electron chi connectivity index (χ2n) is 8.76. The first kappa shape index (κ1) is 25.1. The minimum atomic E-state index is -0.424. The predicted octanol–water partition coefficient (Wildman–Crippen LogP) is 4.23. The molecular weight excluding hydrogens is 438 g/mol. The lowest BCUT2D eigenvalue weighted by Crippen LogP contribution is -2.38. The summed E-state index contributed by atoms with van der Waals surface area (Å²) in [6.45, 7) is 11.1. The lowest BCUT2D eigenvalue weighted by atomic mass is 9.90. The molecule has 3 rings (SSSR count). The second kappa shape index (κ2) is 11.0. The Bertz CT molecular complexity index is 1010. The first-order valence-corrected chi connectivity index (χ1v) is 12.0. The molecule has 0 fully saturated rings. The van der Waals surface area contributed by atoms with Crippen LogP contribution in [0.5, 0.6) is 0 Å². The molecular formula is C25H33N3O4S. The van der Waals surface area contributed by atoms with Crippen LogP contribution >= 0.6 is 11.8 Å². The number of hydrogen-bond donors (Lipinski definition) is 1. The molecule has 1 N–H and O–H groups in total. The highest BCUT2D eigenvalue weighted by atomic mass is 32.2. The number of amides is 1. The summed E-state index contributed by atoms with van der Waals surface area (Å²) in [7, 11) is 1.57. The van der Waals surface area contributed by atoms with Gasteiger partial charge in [-0.1, -0.05) is 49.4 Å². The SMILES string of the molecule is COCCOC(=O)C1=C(C)N=C2SC=C(CC(=O)NCC(C)C)N2C1c1cc(C)ccc1C. The highest BCUT2D eigenvalue weighted by molar-refractivity contribution is 8.16. The van der Waals surface area contributed by atoms with E-state index < -0.39 is 12.0 Å². The Morgan fingerprint density at radius 2 is 1.97 bits per heavy atom. The third kappa shape index (κ3) is 5.86. The fraction of sp³-hybridized carbons (Fsp3) is 0.480. The molecule has 1 atom stereocenters. The first-order chi connectivity index (χ1) is 15.7. The van der Waals surface area contributed by atoms with Crippen molar-refractivity contribution in [3.05, 3.63) is 57.3 Å². The zero-order valence-electron chi connectivity index (χ0n) is 20.2. The summed E-state index contributed by atoms with van der Waals surface area (Å²) in [6, 6.07) is 5.78. The maximum atomic E-state index is 13.2. The molecule has 7 nitrogen and oxygen atoms in total. The Morgan fingerprint density at radius 3 is 2.67 bits per heavy atom. The van der Waals surface area contributed by atoms with Gasteiger partial charge in [-0.05, 0) is 43.2 Å². The van der Waals surface area contributed by atoms with Crippen molar-refractivity contribution in [2.45, 2.75) is 47.1 Å². The summed E-state index contributed by atoms with van der Waals surface area (Å²) in [5.74, 6) is -0.0967. The van der Waals surface area contributed by atoms with E-state index in [1.165, 1.54) is 11.8 Å². The summed E-state index contributed by atoms with van der Waals surface area (Å²) in [6.07, 6.45) is 0.213. The van der Waals surface area contributed by atoms with E-state index in [0.717, 1.165) is 27.6 Å². The minimum Gasteiger partial charge on any atom is -0.460 e. The zero-order valence-corrected chi connectivity index (χ0v) is 21.0. The second-order valence-corrected chi connectivity index (χ2v) is 9.59. The smallest absolute Gasteiger partial charge is 0.338 e. The van der Waals surface area contributed by atoms with Crippen LogP contribution in [0.4, 0.5) is 0 Å². The Labute approximate surface area is 200 Å². The van der Waals surface area contributed by atoms with Gasteiger partial charge in [0.1, 0.15) is 6.61 Å². The average Bonchev–Trinajstić information content (AvgIpc) is 3.15. The molecule has 0 spiro atoms. The largest absolute Gasteiger partial charge is 0.460 e. The summed E-state index contributed by atoms with van der Waals surface area (Å²) >= 11 is 1.48.